The summed E-state index contributed by atoms with van der Waals surface area (Å²) in [6, 6.07) is 13.1. The molecule has 1 fully saturated rings. The van der Waals surface area contributed by atoms with Gasteiger partial charge < -0.3 is 10.2 Å². The van der Waals surface area contributed by atoms with Crippen LogP contribution in [0.15, 0.2) is 48.7 Å². The molecule has 1 N–H and O–H groups in total. The largest absolute Gasteiger partial charge is 0.334 e. The van der Waals surface area contributed by atoms with Crippen LogP contribution in [0.3, 0.4) is 0 Å². The van der Waals surface area contributed by atoms with Crippen molar-refractivity contribution in [2.45, 2.75) is 6.04 Å². The zero-order valence-electron chi connectivity index (χ0n) is 13.3. The Kier molecular flexibility index (Phi) is 4.15. The number of halogens is 2. The minimum atomic E-state index is -0.683. The second kappa shape index (κ2) is 6.46. The van der Waals surface area contributed by atoms with Crippen LogP contribution in [0.4, 0.5) is 4.39 Å². The Morgan fingerprint density at radius 2 is 2.04 bits per heavy atom. The fourth-order valence-electron chi connectivity index (χ4n) is 3.12. The number of carbonyl (C=O) groups excluding carboxylic acids is 1. The van der Waals surface area contributed by atoms with Crippen molar-refractivity contribution in [3.63, 3.8) is 0 Å². The average molecular weight is 359 g/mol. The molecule has 1 aliphatic heterocycles. The topological polar surface area (TPSA) is 49.6 Å². The van der Waals surface area contributed by atoms with E-state index >= 15 is 0 Å². The van der Waals surface area contributed by atoms with Crippen molar-refractivity contribution in [2.24, 2.45) is 0 Å². The second-order valence-corrected chi connectivity index (χ2v) is 6.43. The second-order valence-electron chi connectivity index (χ2n) is 6.00. The van der Waals surface area contributed by atoms with E-state index in [1.807, 2.05) is 30.3 Å². The number of amides is 1. The molecule has 0 aliphatic carbocycles. The quantitative estimate of drug-likeness (QED) is 0.766. The van der Waals surface area contributed by atoms with Crippen LogP contribution in [0.2, 0.25) is 5.02 Å². The predicted octanol–water partition coefficient (Wildman–Crippen LogP) is 2.91. The zero-order chi connectivity index (χ0) is 17.4. The van der Waals surface area contributed by atoms with E-state index in [1.54, 1.807) is 17.0 Å². The van der Waals surface area contributed by atoms with E-state index in [2.05, 4.69) is 10.3 Å². The number of hydrogen-bond donors (Lipinski definition) is 1. The predicted molar refractivity (Wildman–Crippen MR) is 93.2 cm³/mol. The van der Waals surface area contributed by atoms with Gasteiger partial charge in [-0.25, -0.2) is 4.98 Å². The number of pyridine rings is 1. The molecular formula is C18H16ClFN4O. The molecule has 1 atom stereocenters. The molecule has 5 nitrogen and oxygen atoms in total. The molecule has 3 heterocycles. The third kappa shape index (κ3) is 2.99. The van der Waals surface area contributed by atoms with Crippen molar-refractivity contribution in [2.75, 3.05) is 19.6 Å². The van der Waals surface area contributed by atoms with Crippen LogP contribution in [0.1, 0.15) is 22.1 Å². The maximum atomic E-state index is 14.6. The van der Waals surface area contributed by atoms with Gasteiger partial charge in [0.2, 0.25) is 5.95 Å². The first-order chi connectivity index (χ1) is 12.1. The van der Waals surface area contributed by atoms with Crippen molar-refractivity contribution in [3.8, 4) is 0 Å². The standard InChI is InChI=1S/C18H16ClFN4O/c19-13-6-7-15-22-16(17(20)24(15)10-13)18(25)23-9-8-21-14(11-23)12-4-2-1-3-5-12/h1-7,10,14,21H,8-9,11H2/t14-/m0/s1. The van der Waals surface area contributed by atoms with Gasteiger partial charge >= 0.3 is 0 Å². The van der Waals surface area contributed by atoms with Crippen molar-refractivity contribution in [1.82, 2.24) is 19.6 Å². The molecule has 7 heteroatoms. The number of hydrogen-bond acceptors (Lipinski definition) is 3. The van der Waals surface area contributed by atoms with E-state index < -0.39 is 11.9 Å². The van der Waals surface area contributed by atoms with E-state index in [0.717, 1.165) is 5.56 Å². The van der Waals surface area contributed by atoms with Crippen LogP contribution in [0.5, 0.6) is 0 Å². The van der Waals surface area contributed by atoms with Crippen LogP contribution < -0.4 is 5.32 Å². The van der Waals surface area contributed by atoms with Gasteiger partial charge in [0, 0.05) is 31.9 Å². The van der Waals surface area contributed by atoms with Crippen LogP contribution in [-0.2, 0) is 0 Å². The molecule has 1 aromatic carbocycles. The van der Waals surface area contributed by atoms with Crippen LogP contribution in [-0.4, -0.2) is 39.8 Å². The number of nitrogens with one attached hydrogen (secondary N) is 1. The minimum absolute atomic E-state index is 0.0217. The van der Waals surface area contributed by atoms with Gasteiger partial charge in [0.15, 0.2) is 5.69 Å². The SMILES string of the molecule is O=C(c1nc2ccc(Cl)cn2c1F)N1CCN[C@H](c2ccccc2)C1. The summed E-state index contributed by atoms with van der Waals surface area (Å²) in [7, 11) is 0. The highest BCUT2D eigenvalue weighted by atomic mass is 35.5. The van der Waals surface area contributed by atoms with E-state index in [0.29, 0.717) is 30.3 Å². The van der Waals surface area contributed by atoms with Crippen LogP contribution >= 0.6 is 11.6 Å². The number of nitrogens with zero attached hydrogens (tertiary/aromatic N) is 3. The lowest BCUT2D eigenvalue weighted by Crippen LogP contribution is -2.48. The molecule has 1 aliphatic rings. The molecule has 0 unspecified atom stereocenters. The molecule has 3 aromatic rings. The van der Waals surface area contributed by atoms with Gasteiger partial charge in [0.05, 0.1) is 5.02 Å². The highest BCUT2D eigenvalue weighted by molar-refractivity contribution is 6.30. The Morgan fingerprint density at radius 3 is 2.84 bits per heavy atom. The minimum Gasteiger partial charge on any atom is -0.334 e. The summed E-state index contributed by atoms with van der Waals surface area (Å²) >= 11 is 5.90. The maximum absolute atomic E-state index is 14.6. The van der Waals surface area contributed by atoms with Gasteiger partial charge in [0.25, 0.3) is 5.91 Å². The highest BCUT2D eigenvalue weighted by Gasteiger charge is 2.29. The monoisotopic (exact) mass is 358 g/mol. The summed E-state index contributed by atoms with van der Waals surface area (Å²) in [4.78, 5) is 18.6. The smallest absolute Gasteiger partial charge is 0.277 e. The third-order valence-corrected chi connectivity index (χ3v) is 4.61. The fraction of sp³-hybridized carbons (Fsp3) is 0.222. The summed E-state index contributed by atoms with van der Waals surface area (Å²) in [5, 5.41) is 3.77. The number of aromatic nitrogens is 2. The van der Waals surface area contributed by atoms with Crippen molar-refractivity contribution >= 4 is 23.2 Å². The molecule has 0 saturated carbocycles. The molecule has 1 saturated heterocycles. The molecule has 0 spiro atoms. The first kappa shape index (κ1) is 16.1. The lowest BCUT2D eigenvalue weighted by atomic mass is 10.0. The number of benzene rings is 1. The molecule has 4 rings (SSSR count). The normalized spacial score (nSPS) is 17.8. The summed E-state index contributed by atoms with van der Waals surface area (Å²) in [5.74, 6) is -1.09. The summed E-state index contributed by atoms with van der Waals surface area (Å²) < 4.78 is 15.8. The highest BCUT2D eigenvalue weighted by Crippen LogP contribution is 2.21. The molecule has 1 amide bonds. The molecule has 2 aromatic heterocycles. The molecule has 25 heavy (non-hydrogen) atoms. The Bertz CT molecular complexity index is 927. The van der Waals surface area contributed by atoms with Gasteiger partial charge in [-0.3, -0.25) is 9.20 Å². The van der Waals surface area contributed by atoms with Crippen molar-refractivity contribution < 1.29 is 9.18 Å². The van der Waals surface area contributed by atoms with Crippen molar-refractivity contribution in [3.05, 3.63) is 70.9 Å². The number of carbonyl (C=O) groups is 1. The molecule has 0 bridgehead atoms. The van der Waals surface area contributed by atoms with E-state index in [9.17, 15) is 9.18 Å². The summed E-state index contributed by atoms with van der Waals surface area (Å²) in [6.07, 6.45) is 1.42. The number of rotatable bonds is 2. The average Bonchev–Trinajstić information content (AvgIpc) is 2.98. The van der Waals surface area contributed by atoms with Gasteiger partial charge in [-0.05, 0) is 17.7 Å². The third-order valence-electron chi connectivity index (χ3n) is 4.39. The van der Waals surface area contributed by atoms with Crippen LogP contribution in [0, 0.1) is 5.95 Å². The zero-order valence-corrected chi connectivity index (χ0v) is 14.1. The number of imidazole rings is 1. The van der Waals surface area contributed by atoms with E-state index in [1.165, 1.54) is 10.6 Å². The van der Waals surface area contributed by atoms with Gasteiger partial charge in [-0.1, -0.05) is 41.9 Å². The van der Waals surface area contributed by atoms with E-state index in [4.69, 9.17) is 11.6 Å². The number of fused-ring (bicyclic) bond motifs is 1. The fourth-order valence-corrected chi connectivity index (χ4v) is 3.28. The van der Waals surface area contributed by atoms with E-state index in [-0.39, 0.29) is 11.7 Å². The lowest BCUT2D eigenvalue weighted by molar-refractivity contribution is 0.0692. The lowest BCUT2D eigenvalue weighted by Gasteiger charge is -2.33. The Balaban J connectivity index is 1.61. The molecule has 0 radical (unpaired) electrons. The van der Waals surface area contributed by atoms with Gasteiger partial charge in [0.1, 0.15) is 5.65 Å². The number of piperazine rings is 1. The van der Waals surface area contributed by atoms with Gasteiger partial charge in [-0.15, -0.1) is 0 Å². The summed E-state index contributed by atoms with van der Waals surface area (Å²) in [5.41, 5.74) is 1.29. The molecule has 128 valence electrons. The first-order valence-electron chi connectivity index (χ1n) is 8.04. The van der Waals surface area contributed by atoms with Crippen molar-refractivity contribution in [1.29, 1.82) is 0 Å². The Hall–Kier alpha value is -2.44. The maximum Gasteiger partial charge on any atom is 0.277 e. The first-order valence-corrected chi connectivity index (χ1v) is 8.42. The molecular weight excluding hydrogens is 343 g/mol. The Morgan fingerprint density at radius 1 is 1.24 bits per heavy atom. The van der Waals surface area contributed by atoms with Crippen LogP contribution in [0.25, 0.3) is 5.65 Å². The Labute approximate surface area is 149 Å². The summed E-state index contributed by atoms with van der Waals surface area (Å²) in [6.45, 7) is 1.62. The van der Waals surface area contributed by atoms with Gasteiger partial charge in [-0.2, -0.15) is 4.39 Å².